The first-order valence-electron chi connectivity index (χ1n) is 7.56. The summed E-state index contributed by atoms with van der Waals surface area (Å²) in [6.45, 7) is 2.35. The molecule has 0 aromatic heterocycles. The van der Waals surface area contributed by atoms with Gasteiger partial charge in [-0.2, -0.15) is 0 Å². The van der Waals surface area contributed by atoms with E-state index in [1.807, 2.05) is 0 Å². The maximum Gasteiger partial charge on any atom is 0.310 e. The molecule has 0 aromatic carbocycles. The van der Waals surface area contributed by atoms with Gasteiger partial charge >= 0.3 is 5.97 Å². The van der Waals surface area contributed by atoms with E-state index >= 15 is 0 Å². The van der Waals surface area contributed by atoms with Gasteiger partial charge in [0.25, 0.3) is 0 Å². The van der Waals surface area contributed by atoms with Crippen molar-refractivity contribution in [1.82, 2.24) is 4.90 Å². The Morgan fingerprint density at radius 1 is 1.11 bits per heavy atom. The van der Waals surface area contributed by atoms with E-state index in [4.69, 9.17) is 4.74 Å². The lowest BCUT2D eigenvalue weighted by atomic mass is 9.71. The molecule has 3 nitrogen and oxygen atoms in total. The lowest BCUT2D eigenvalue weighted by Crippen LogP contribution is -2.62. The van der Waals surface area contributed by atoms with Crippen molar-refractivity contribution in [1.29, 1.82) is 0 Å². The molecular weight excluding hydrogens is 226 g/mol. The Balaban J connectivity index is 1.85. The van der Waals surface area contributed by atoms with E-state index in [0.29, 0.717) is 6.04 Å². The van der Waals surface area contributed by atoms with Crippen molar-refractivity contribution in [3.63, 3.8) is 0 Å². The van der Waals surface area contributed by atoms with Gasteiger partial charge in [0.05, 0.1) is 13.0 Å². The van der Waals surface area contributed by atoms with Crippen LogP contribution in [0.4, 0.5) is 0 Å². The smallest absolute Gasteiger partial charge is 0.310 e. The van der Waals surface area contributed by atoms with Crippen LogP contribution in [0.5, 0.6) is 0 Å². The molecule has 3 fully saturated rings. The summed E-state index contributed by atoms with van der Waals surface area (Å²) in [6, 6.07) is 1.96. The number of hydrogen-bond acceptors (Lipinski definition) is 3. The molecule has 0 spiro atoms. The second kappa shape index (κ2) is 4.84. The van der Waals surface area contributed by atoms with Gasteiger partial charge in [0.15, 0.2) is 0 Å². The van der Waals surface area contributed by atoms with E-state index in [0.717, 1.165) is 24.4 Å². The lowest BCUT2D eigenvalue weighted by molar-refractivity contribution is -0.156. The van der Waals surface area contributed by atoms with Gasteiger partial charge in [0.1, 0.15) is 0 Å². The normalized spacial score (nSPS) is 44.2. The fourth-order valence-electron chi connectivity index (χ4n) is 4.72. The van der Waals surface area contributed by atoms with Crippen LogP contribution in [0.1, 0.15) is 51.9 Å². The molecule has 0 N–H and O–H groups in total. The Morgan fingerprint density at radius 3 is 2.67 bits per heavy atom. The Labute approximate surface area is 110 Å². The van der Waals surface area contributed by atoms with Crippen LogP contribution in [0.2, 0.25) is 0 Å². The average molecular weight is 251 g/mol. The largest absolute Gasteiger partial charge is 0.469 e. The zero-order valence-corrected chi connectivity index (χ0v) is 11.6. The van der Waals surface area contributed by atoms with E-state index in [2.05, 4.69) is 11.8 Å². The van der Waals surface area contributed by atoms with Crippen molar-refractivity contribution in [2.24, 2.45) is 11.8 Å². The molecule has 0 saturated carbocycles. The van der Waals surface area contributed by atoms with E-state index in [9.17, 15) is 4.79 Å². The number of piperidine rings is 3. The first-order valence-corrected chi connectivity index (χ1v) is 7.56. The Morgan fingerprint density at radius 2 is 1.89 bits per heavy atom. The van der Waals surface area contributed by atoms with Crippen molar-refractivity contribution in [2.75, 3.05) is 7.11 Å². The van der Waals surface area contributed by atoms with Gasteiger partial charge in [-0.05, 0) is 44.4 Å². The molecular formula is C15H25NO2. The monoisotopic (exact) mass is 251 g/mol. The number of carbonyl (C=O) groups excluding carboxylic acids is 1. The van der Waals surface area contributed by atoms with Crippen LogP contribution in [0, 0.1) is 11.8 Å². The van der Waals surface area contributed by atoms with Crippen LogP contribution < -0.4 is 0 Å². The average Bonchev–Trinajstić information content (AvgIpc) is 2.38. The summed E-state index contributed by atoms with van der Waals surface area (Å²) < 4.78 is 5.03. The molecule has 0 aromatic rings. The molecule has 3 saturated heterocycles. The fourth-order valence-corrected chi connectivity index (χ4v) is 4.72. The van der Waals surface area contributed by atoms with Gasteiger partial charge in [-0.1, -0.05) is 13.3 Å². The van der Waals surface area contributed by atoms with Gasteiger partial charge in [-0.3, -0.25) is 9.69 Å². The molecule has 18 heavy (non-hydrogen) atoms. The molecule has 0 aliphatic carbocycles. The van der Waals surface area contributed by atoms with Crippen LogP contribution in [-0.2, 0) is 9.53 Å². The molecule has 3 aliphatic rings. The third-order valence-electron chi connectivity index (χ3n) is 5.40. The highest BCUT2D eigenvalue weighted by atomic mass is 16.5. The van der Waals surface area contributed by atoms with Crippen LogP contribution >= 0.6 is 0 Å². The minimum absolute atomic E-state index is 0.0249. The Bertz CT molecular complexity index is 330. The summed E-state index contributed by atoms with van der Waals surface area (Å²) in [6.07, 6.45) is 8.82. The van der Waals surface area contributed by atoms with Crippen LogP contribution in [0.15, 0.2) is 0 Å². The molecule has 0 bridgehead atoms. The number of carbonyl (C=O) groups is 1. The minimum atomic E-state index is 0.0249. The van der Waals surface area contributed by atoms with Crippen LogP contribution in [0.3, 0.4) is 0 Å². The van der Waals surface area contributed by atoms with Crippen LogP contribution in [-0.4, -0.2) is 36.1 Å². The van der Waals surface area contributed by atoms with Crippen LogP contribution in [0.25, 0.3) is 0 Å². The predicted octanol–water partition coefficient (Wildman–Crippen LogP) is 2.59. The van der Waals surface area contributed by atoms with E-state index < -0.39 is 0 Å². The molecule has 3 rings (SSSR count). The molecule has 0 amide bonds. The molecule has 5 atom stereocenters. The molecule has 0 unspecified atom stereocenters. The number of rotatable bonds is 1. The van der Waals surface area contributed by atoms with Gasteiger partial charge in [-0.25, -0.2) is 0 Å². The minimum Gasteiger partial charge on any atom is -0.469 e. The SMILES string of the molecule is COC(=O)[C@H]1CC[C@@H]2CCC[C@H]3C[C@@H](C)C[C@@H]1N23. The van der Waals surface area contributed by atoms with Gasteiger partial charge in [0, 0.05) is 18.1 Å². The van der Waals surface area contributed by atoms with E-state index in [-0.39, 0.29) is 11.9 Å². The highest BCUT2D eigenvalue weighted by molar-refractivity contribution is 5.73. The van der Waals surface area contributed by atoms with Crippen molar-refractivity contribution in [3.8, 4) is 0 Å². The summed E-state index contributed by atoms with van der Waals surface area (Å²) in [5.74, 6) is 0.923. The standard InChI is InChI=1S/C15H25NO2/c1-10-8-12-5-3-4-11-6-7-13(15(17)18-2)14(9-10)16(11)12/h10-14H,3-9H2,1-2H3/t10-,11+,12+,13+,14+/m1/s1. The third-order valence-corrected chi connectivity index (χ3v) is 5.40. The highest BCUT2D eigenvalue weighted by Gasteiger charge is 2.48. The van der Waals surface area contributed by atoms with Gasteiger partial charge in [-0.15, -0.1) is 0 Å². The van der Waals surface area contributed by atoms with Crippen molar-refractivity contribution in [3.05, 3.63) is 0 Å². The first-order chi connectivity index (χ1) is 8.70. The summed E-state index contributed by atoms with van der Waals surface area (Å²) in [7, 11) is 1.54. The van der Waals surface area contributed by atoms with Gasteiger partial charge in [0.2, 0.25) is 0 Å². The number of nitrogens with zero attached hydrogens (tertiary/aromatic N) is 1. The number of methoxy groups -OCH3 is 1. The van der Waals surface area contributed by atoms with Crippen molar-refractivity contribution >= 4 is 5.97 Å². The lowest BCUT2D eigenvalue weighted by Gasteiger charge is -2.56. The quantitative estimate of drug-likeness (QED) is 0.671. The molecule has 3 heteroatoms. The molecule has 3 heterocycles. The van der Waals surface area contributed by atoms with Crippen molar-refractivity contribution < 1.29 is 9.53 Å². The van der Waals surface area contributed by atoms with Gasteiger partial charge < -0.3 is 4.74 Å². The summed E-state index contributed by atoms with van der Waals surface area (Å²) in [5.41, 5.74) is 0. The topological polar surface area (TPSA) is 29.5 Å². The van der Waals surface area contributed by atoms with Crippen molar-refractivity contribution in [2.45, 2.75) is 70.0 Å². The third kappa shape index (κ3) is 1.97. The molecule has 3 aliphatic heterocycles. The second-order valence-corrected chi connectivity index (χ2v) is 6.54. The zero-order valence-electron chi connectivity index (χ0n) is 11.6. The maximum absolute atomic E-state index is 12.0. The Hall–Kier alpha value is -0.570. The maximum atomic E-state index is 12.0. The molecule has 0 radical (unpaired) electrons. The summed E-state index contributed by atoms with van der Waals surface area (Å²) >= 11 is 0. The van der Waals surface area contributed by atoms with E-state index in [1.165, 1.54) is 45.6 Å². The number of ether oxygens (including phenoxy) is 1. The highest BCUT2D eigenvalue weighted by Crippen LogP contribution is 2.44. The summed E-state index contributed by atoms with van der Waals surface area (Å²) in [5, 5.41) is 0. The summed E-state index contributed by atoms with van der Waals surface area (Å²) in [4.78, 5) is 14.7. The molecule has 102 valence electrons. The Kier molecular flexibility index (Phi) is 3.35. The predicted molar refractivity (Wildman–Crippen MR) is 70.2 cm³/mol. The first kappa shape index (κ1) is 12.5. The fraction of sp³-hybridized carbons (Fsp3) is 0.933. The number of hydrogen-bond donors (Lipinski definition) is 0. The van der Waals surface area contributed by atoms with E-state index in [1.54, 1.807) is 0 Å². The zero-order chi connectivity index (χ0) is 12.7. The number of esters is 1. The second-order valence-electron chi connectivity index (χ2n) is 6.54.